The predicted molar refractivity (Wildman–Crippen MR) is 91.2 cm³/mol. The van der Waals surface area contributed by atoms with Gasteiger partial charge in [0, 0.05) is 29.1 Å². The minimum Gasteiger partial charge on any atom is -0.343 e. The van der Waals surface area contributed by atoms with Gasteiger partial charge in [0.25, 0.3) is 0 Å². The second-order valence-corrected chi connectivity index (χ2v) is 6.88. The number of aromatic nitrogens is 1. The molecule has 6 heteroatoms. The molecule has 1 aromatic heterocycles. The number of carbonyl (C=O) groups is 1. The van der Waals surface area contributed by atoms with Crippen molar-refractivity contribution in [2.24, 2.45) is 0 Å². The average Bonchev–Trinajstić information content (AvgIpc) is 2.96. The van der Waals surface area contributed by atoms with Crippen LogP contribution in [0.2, 0.25) is 5.02 Å². The van der Waals surface area contributed by atoms with Gasteiger partial charge in [0.2, 0.25) is 5.91 Å². The molecule has 0 N–H and O–H groups in total. The van der Waals surface area contributed by atoms with E-state index >= 15 is 0 Å². The summed E-state index contributed by atoms with van der Waals surface area (Å²) in [6.45, 7) is 5.50. The van der Waals surface area contributed by atoms with E-state index in [1.54, 1.807) is 11.3 Å². The van der Waals surface area contributed by atoms with Crippen molar-refractivity contribution in [3.05, 3.63) is 34.7 Å². The van der Waals surface area contributed by atoms with Gasteiger partial charge >= 0.3 is 0 Å². The molecule has 0 aliphatic heterocycles. The second kappa shape index (κ2) is 7.82. The van der Waals surface area contributed by atoms with Gasteiger partial charge in [0.1, 0.15) is 0 Å². The molecule has 2 rings (SSSR count). The van der Waals surface area contributed by atoms with Crippen molar-refractivity contribution in [1.82, 2.24) is 9.88 Å². The first-order valence-corrected chi connectivity index (χ1v) is 9.00. The van der Waals surface area contributed by atoms with Crippen molar-refractivity contribution < 1.29 is 4.79 Å². The highest BCUT2D eigenvalue weighted by atomic mass is 35.5. The summed E-state index contributed by atoms with van der Waals surface area (Å²) in [6, 6.07) is 7.61. The van der Waals surface area contributed by atoms with Crippen LogP contribution in [0, 0.1) is 0 Å². The van der Waals surface area contributed by atoms with Crippen LogP contribution in [0.4, 0.5) is 0 Å². The van der Waals surface area contributed by atoms with Gasteiger partial charge in [0.05, 0.1) is 11.4 Å². The number of benzene rings is 1. The largest absolute Gasteiger partial charge is 0.343 e. The summed E-state index contributed by atoms with van der Waals surface area (Å²) < 4.78 is 0.917. The van der Waals surface area contributed by atoms with E-state index in [0.717, 1.165) is 28.7 Å². The van der Waals surface area contributed by atoms with Crippen LogP contribution in [0.25, 0.3) is 11.3 Å². The molecular weight excluding hydrogens is 324 g/mol. The number of rotatable bonds is 6. The Morgan fingerprint density at radius 3 is 2.57 bits per heavy atom. The lowest BCUT2D eigenvalue weighted by Crippen LogP contribution is -2.31. The quantitative estimate of drug-likeness (QED) is 0.729. The van der Waals surface area contributed by atoms with Crippen LogP contribution in [0.15, 0.2) is 34.0 Å². The van der Waals surface area contributed by atoms with Crippen LogP contribution in [-0.4, -0.2) is 34.6 Å². The highest BCUT2D eigenvalue weighted by molar-refractivity contribution is 8.01. The van der Waals surface area contributed by atoms with Gasteiger partial charge in [-0.2, -0.15) is 0 Å². The Kier molecular flexibility index (Phi) is 6.08. The fourth-order valence-corrected chi connectivity index (χ4v) is 3.73. The number of thiazole rings is 1. The minimum absolute atomic E-state index is 0.160. The molecule has 0 unspecified atom stereocenters. The van der Waals surface area contributed by atoms with Gasteiger partial charge < -0.3 is 4.90 Å². The Bertz CT molecular complexity index is 594. The third-order valence-electron chi connectivity index (χ3n) is 3.06. The maximum absolute atomic E-state index is 12.0. The Morgan fingerprint density at radius 2 is 1.95 bits per heavy atom. The van der Waals surface area contributed by atoms with Crippen molar-refractivity contribution in [2.45, 2.75) is 18.2 Å². The predicted octanol–water partition coefficient (Wildman–Crippen LogP) is 4.42. The summed E-state index contributed by atoms with van der Waals surface area (Å²) in [7, 11) is 0. The first kappa shape index (κ1) is 16.3. The van der Waals surface area contributed by atoms with E-state index in [1.807, 2.05) is 48.4 Å². The normalized spacial score (nSPS) is 10.6. The standard InChI is InChI=1S/C15H17ClN2OS2/c1-3-18(4-2)14(19)10-21-15-17-13(9-20-15)11-5-7-12(16)8-6-11/h5-9H,3-4,10H2,1-2H3. The van der Waals surface area contributed by atoms with Gasteiger partial charge in [-0.1, -0.05) is 35.5 Å². The molecule has 0 radical (unpaired) electrons. The van der Waals surface area contributed by atoms with E-state index in [4.69, 9.17) is 11.6 Å². The number of hydrogen-bond donors (Lipinski definition) is 0. The lowest BCUT2D eigenvalue weighted by atomic mass is 10.2. The third kappa shape index (κ3) is 4.46. The van der Waals surface area contributed by atoms with Crippen molar-refractivity contribution in [2.75, 3.05) is 18.8 Å². The van der Waals surface area contributed by atoms with Crippen LogP contribution < -0.4 is 0 Å². The van der Waals surface area contributed by atoms with Crippen LogP contribution in [0.5, 0.6) is 0 Å². The van der Waals surface area contributed by atoms with E-state index in [-0.39, 0.29) is 5.91 Å². The van der Waals surface area contributed by atoms with E-state index < -0.39 is 0 Å². The summed E-state index contributed by atoms with van der Waals surface area (Å²) in [4.78, 5) is 18.4. The lowest BCUT2D eigenvalue weighted by Gasteiger charge is -2.17. The molecular formula is C15H17ClN2OS2. The molecule has 1 heterocycles. The molecule has 0 saturated heterocycles. The molecule has 0 bridgehead atoms. The summed E-state index contributed by atoms with van der Waals surface area (Å²) in [5.41, 5.74) is 1.96. The Hall–Kier alpha value is -1.04. The van der Waals surface area contributed by atoms with E-state index in [2.05, 4.69) is 4.98 Å². The Balaban J connectivity index is 1.97. The topological polar surface area (TPSA) is 33.2 Å². The van der Waals surface area contributed by atoms with E-state index in [9.17, 15) is 4.79 Å². The fourth-order valence-electron chi connectivity index (χ4n) is 1.87. The Labute approximate surface area is 138 Å². The molecule has 3 nitrogen and oxygen atoms in total. The number of carbonyl (C=O) groups excluding carboxylic acids is 1. The van der Waals surface area contributed by atoms with Crippen molar-refractivity contribution >= 4 is 40.6 Å². The van der Waals surface area contributed by atoms with Gasteiger partial charge in [-0.05, 0) is 26.0 Å². The average molecular weight is 341 g/mol. The maximum Gasteiger partial charge on any atom is 0.232 e. The van der Waals surface area contributed by atoms with E-state index in [0.29, 0.717) is 10.8 Å². The first-order valence-electron chi connectivity index (χ1n) is 6.76. The Morgan fingerprint density at radius 1 is 1.29 bits per heavy atom. The zero-order valence-electron chi connectivity index (χ0n) is 12.0. The molecule has 0 aliphatic carbocycles. The molecule has 0 spiro atoms. The second-order valence-electron chi connectivity index (χ2n) is 4.36. The fraction of sp³-hybridized carbons (Fsp3) is 0.333. The summed E-state index contributed by atoms with van der Waals surface area (Å²) in [6.07, 6.45) is 0. The molecule has 1 aromatic carbocycles. The molecule has 0 atom stereocenters. The van der Waals surface area contributed by atoms with Crippen LogP contribution >= 0.6 is 34.7 Å². The number of amides is 1. The SMILES string of the molecule is CCN(CC)C(=O)CSc1nc(-c2ccc(Cl)cc2)cs1. The molecule has 0 aliphatic rings. The number of halogens is 1. The third-order valence-corrected chi connectivity index (χ3v) is 5.32. The highest BCUT2D eigenvalue weighted by Gasteiger charge is 2.12. The molecule has 1 amide bonds. The molecule has 0 saturated carbocycles. The molecule has 0 fully saturated rings. The van der Waals surface area contributed by atoms with Crippen molar-refractivity contribution in [3.8, 4) is 11.3 Å². The van der Waals surface area contributed by atoms with Crippen LogP contribution in [0.1, 0.15) is 13.8 Å². The molecule has 2 aromatic rings. The molecule has 21 heavy (non-hydrogen) atoms. The highest BCUT2D eigenvalue weighted by Crippen LogP contribution is 2.29. The van der Waals surface area contributed by atoms with Gasteiger partial charge in [0.15, 0.2) is 4.34 Å². The van der Waals surface area contributed by atoms with E-state index in [1.165, 1.54) is 11.8 Å². The maximum atomic E-state index is 12.0. The van der Waals surface area contributed by atoms with Gasteiger partial charge in [-0.25, -0.2) is 4.98 Å². The van der Waals surface area contributed by atoms with Crippen molar-refractivity contribution in [3.63, 3.8) is 0 Å². The van der Waals surface area contributed by atoms with Crippen molar-refractivity contribution in [1.29, 1.82) is 0 Å². The number of nitrogens with zero attached hydrogens (tertiary/aromatic N) is 2. The minimum atomic E-state index is 0.160. The zero-order valence-corrected chi connectivity index (χ0v) is 14.4. The smallest absolute Gasteiger partial charge is 0.232 e. The van der Waals surface area contributed by atoms with Crippen LogP contribution in [0.3, 0.4) is 0 Å². The lowest BCUT2D eigenvalue weighted by molar-refractivity contribution is -0.127. The van der Waals surface area contributed by atoms with Gasteiger partial charge in [-0.15, -0.1) is 11.3 Å². The zero-order chi connectivity index (χ0) is 15.2. The monoisotopic (exact) mass is 340 g/mol. The number of hydrogen-bond acceptors (Lipinski definition) is 4. The number of thioether (sulfide) groups is 1. The summed E-state index contributed by atoms with van der Waals surface area (Å²) in [5, 5.41) is 2.72. The van der Waals surface area contributed by atoms with Gasteiger partial charge in [-0.3, -0.25) is 4.79 Å². The first-order chi connectivity index (χ1) is 10.1. The molecule has 112 valence electrons. The van der Waals surface area contributed by atoms with Crippen LogP contribution in [-0.2, 0) is 4.79 Å². The summed E-state index contributed by atoms with van der Waals surface area (Å²) in [5.74, 6) is 0.600. The summed E-state index contributed by atoms with van der Waals surface area (Å²) >= 11 is 8.94.